The minimum atomic E-state index is -0.860. The van der Waals surface area contributed by atoms with Gasteiger partial charge in [-0.25, -0.2) is 0 Å². The highest BCUT2D eigenvalue weighted by atomic mass is 16.5. The van der Waals surface area contributed by atoms with E-state index >= 15 is 0 Å². The molecule has 0 spiro atoms. The number of carbonyl (C=O) groups excluding carboxylic acids is 2. The smallest absolute Gasteiger partial charge is 0.238 e. The Hall–Kier alpha value is -1.82. The van der Waals surface area contributed by atoms with E-state index in [1.54, 1.807) is 12.2 Å². The van der Waals surface area contributed by atoms with Gasteiger partial charge in [0.25, 0.3) is 0 Å². The van der Waals surface area contributed by atoms with E-state index in [0.29, 0.717) is 17.9 Å². The van der Waals surface area contributed by atoms with Crippen LogP contribution in [0.2, 0.25) is 0 Å². The molecular weight excluding hydrogens is 260 g/mol. The fourth-order valence-corrected chi connectivity index (χ4v) is 2.93. The van der Waals surface area contributed by atoms with Crippen molar-refractivity contribution in [2.45, 2.75) is 12.8 Å². The topological polar surface area (TPSA) is 76.7 Å². The lowest BCUT2D eigenvalue weighted by molar-refractivity contribution is -0.127. The van der Waals surface area contributed by atoms with Crippen LogP contribution in [0, 0.1) is 11.3 Å². The maximum atomic E-state index is 12.3. The van der Waals surface area contributed by atoms with Crippen molar-refractivity contribution >= 4 is 11.8 Å². The number of imide groups is 1. The number of ether oxygens (including phenoxy) is 2. The molecule has 2 amide bonds. The lowest BCUT2D eigenvalue weighted by Gasteiger charge is -2.32. The third kappa shape index (κ3) is 2.10. The van der Waals surface area contributed by atoms with Crippen molar-refractivity contribution in [3.05, 3.63) is 23.7 Å². The molecule has 0 bridgehead atoms. The number of rotatable bonds is 6. The quantitative estimate of drug-likeness (QED) is 0.541. The molecule has 0 radical (unpaired) electrons. The molecule has 2 aliphatic rings. The first kappa shape index (κ1) is 14.6. The van der Waals surface area contributed by atoms with Gasteiger partial charge in [0, 0.05) is 0 Å². The molecule has 1 saturated heterocycles. The minimum Gasteiger partial charge on any atom is -0.496 e. The summed E-state index contributed by atoms with van der Waals surface area (Å²) in [5.74, 6) is -0.314. The number of fused-ring (bicyclic) bond motifs is 1. The highest BCUT2D eigenvalue weighted by Crippen LogP contribution is 2.47. The molecule has 110 valence electrons. The number of hydrogen-bond donors (Lipinski definition) is 2. The fourth-order valence-electron chi connectivity index (χ4n) is 2.93. The largest absolute Gasteiger partial charge is 0.496 e. The number of allylic oxidation sites excluding steroid dienone is 1. The first-order chi connectivity index (χ1) is 9.60. The summed E-state index contributed by atoms with van der Waals surface area (Å²) in [7, 11) is 4.86. The fraction of sp³-hybridized carbons (Fsp3) is 0.571. The summed E-state index contributed by atoms with van der Waals surface area (Å²) >= 11 is 0. The Balaban J connectivity index is 2.38. The van der Waals surface area contributed by atoms with Crippen LogP contribution in [0.25, 0.3) is 0 Å². The van der Waals surface area contributed by atoms with Crippen LogP contribution in [-0.2, 0) is 19.1 Å². The molecular formula is C14H20N2O4. The van der Waals surface area contributed by atoms with Gasteiger partial charge in [0.15, 0.2) is 11.5 Å². The molecule has 0 aromatic rings. The zero-order valence-corrected chi connectivity index (χ0v) is 12.0. The van der Waals surface area contributed by atoms with E-state index < -0.39 is 11.3 Å². The molecule has 2 rings (SSSR count). The molecule has 2 N–H and O–H groups in total. The molecule has 1 fully saturated rings. The molecule has 2 unspecified atom stereocenters. The van der Waals surface area contributed by atoms with Gasteiger partial charge in [0.1, 0.15) is 5.92 Å². The SMILES string of the molecule is CNCCCC12C=CC(OC)=C(OC)C1C(=O)NC2=O. The van der Waals surface area contributed by atoms with E-state index in [0.717, 1.165) is 13.0 Å². The summed E-state index contributed by atoms with van der Waals surface area (Å²) in [5, 5.41) is 5.46. The van der Waals surface area contributed by atoms with Crippen LogP contribution in [0.4, 0.5) is 0 Å². The van der Waals surface area contributed by atoms with E-state index in [1.165, 1.54) is 14.2 Å². The lowest BCUT2D eigenvalue weighted by atomic mass is 9.70. The maximum Gasteiger partial charge on any atom is 0.238 e. The van der Waals surface area contributed by atoms with Crippen LogP contribution in [0.3, 0.4) is 0 Å². The van der Waals surface area contributed by atoms with Crippen molar-refractivity contribution in [2.75, 3.05) is 27.8 Å². The van der Waals surface area contributed by atoms with Crippen molar-refractivity contribution in [2.24, 2.45) is 11.3 Å². The number of nitrogens with one attached hydrogen (secondary N) is 2. The Kier molecular flexibility index (Phi) is 4.13. The Bertz CT molecular complexity index is 484. The summed E-state index contributed by atoms with van der Waals surface area (Å²) in [5.41, 5.74) is -0.860. The van der Waals surface area contributed by atoms with E-state index in [2.05, 4.69) is 10.6 Å². The maximum absolute atomic E-state index is 12.3. The second-order valence-electron chi connectivity index (χ2n) is 4.97. The molecule has 1 heterocycles. The summed E-state index contributed by atoms with van der Waals surface area (Å²) in [4.78, 5) is 24.4. The zero-order valence-electron chi connectivity index (χ0n) is 12.0. The van der Waals surface area contributed by atoms with Gasteiger partial charge in [-0.15, -0.1) is 0 Å². The molecule has 0 saturated carbocycles. The second-order valence-corrected chi connectivity index (χ2v) is 4.97. The van der Waals surface area contributed by atoms with Crippen molar-refractivity contribution in [1.29, 1.82) is 0 Å². The van der Waals surface area contributed by atoms with E-state index in [9.17, 15) is 9.59 Å². The minimum absolute atomic E-state index is 0.260. The molecule has 20 heavy (non-hydrogen) atoms. The van der Waals surface area contributed by atoms with Gasteiger partial charge in [-0.05, 0) is 32.5 Å². The first-order valence-electron chi connectivity index (χ1n) is 6.62. The standard InChI is InChI=1S/C14H20N2O4/c1-15-8-4-6-14-7-5-9(19-2)11(20-3)10(14)12(17)16-13(14)18/h5,7,10,15H,4,6,8H2,1-3H3,(H,16,17,18). The van der Waals surface area contributed by atoms with Crippen molar-refractivity contribution in [3.8, 4) is 0 Å². The summed E-state index contributed by atoms with van der Waals surface area (Å²) in [6.45, 7) is 0.785. The van der Waals surface area contributed by atoms with Gasteiger partial charge in [0.05, 0.1) is 19.6 Å². The second kappa shape index (κ2) is 5.66. The van der Waals surface area contributed by atoms with Crippen LogP contribution in [0.5, 0.6) is 0 Å². The third-order valence-corrected chi connectivity index (χ3v) is 3.93. The third-order valence-electron chi connectivity index (χ3n) is 3.93. The normalized spacial score (nSPS) is 28.4. The Morgan fingerprint density at radius 3 is 2.70 bits per heavy atom. The van der Waals surface area contributed by atoms with Crippen molar-refractivity contribution in [1.82, 2.24) is 10.6 Å². The van der Waals surface area contributed by atoms with Crippen LogP contribution < -0.4 is 10.6 Å². The predicted molar refractivity (Wildman–Crippen MR) is 72.4 cm³/mol. The van der Waals surface area contributed by atoms with Crippen molar-refractivity contribution < 1.29 is 19.1 Å². The number of carbonyl (C=O) groups is 2. The average Bonchev–Trinajstić information content (AvgIpc) is 2.70. The summed E-state index contributed by atoms with van der Waals surface area (Å²) in [6, 6.07) is 0. The lowest BCUT2D eigenvalue weighted by Crippen LogP contribution is -2.37. The van der Waals surface area contributed by atoms with Gasteiger partial charge in [-0.2, -0.15) is 0 Å². The molecule has 0 aromatic carbocycles. The highest BCUT2D eigenvalue weighted by Gasteiger charge is 2.57. The average molecular weight is 280 g/mol. The van der Waals surface area contributed by atoms with Crippen LogP contribution in [0.1, 0.15) is 12.8 Å². The van der Waals surface area contributed by atoms with Crippen molar-refractivity contribution in [3.63, 3.8) is 0 Å². The molecule has 0 aromatic heterocycles. The van der Waals surface area contributed by atoms with Gasteiger partial charge in [-0.1, -0.05) is 6.08 Å². The monoisotopic (exact) mass is 280 g/mol. The van der Waals surface area contributed by atoms with Crippen LogP contribution >= 0.6 is 0 Å². The molecule has 6 nitrogen and oxygen atoms in total. The number of methoxy groups -OCH3 is 2. The Morgan fingerprint density at radius 2 is 2.10 bits per heavy atom. The van der Waals surface area contributed by atoms with Gasteiger partial charge in [0.2, 0.25) is 11.8 Å². The van der Waals surface area contributed by atoms with Crippen LogP contribution in [-0.4, -0.2) is 39.6 Å². The highest BCUT2D eigenvalue weighted by molar-refractivity contribution is 6.10. The van der Waals surface area contributed by atoms with Gasteiger partial charge in [-0.3, -0.25) is 14.9 Å². The molecule has 1 aliphatic carbocycles. The summed E-state index contributed by atoms with van der Waals surface area (Å²) in [6.07, 6.45) is 4.86. The van der Waals surface area contributed by atoms with E-state index in [1.807, 2.05) is 7.05 Å². The van der Waals surface area contributed by atoms with Crippen LogP contribution in [0.15, 0.2) is 23.7 Å². The summed E-state index contributed by atoms with van der Waals surface area (Å²) < 4.78 is 10.6. The molecule has 1 aliphatic heterocycles. The van der Waals surface area contributed by atoms with E-state index in [4.69, 9.17) is 9.47 Å². The Labute approximate surface area is 118 Å². The van der Waals surface area contributed by atoms with Gasteiger partial charge >= 0.3 is 0 Å². The number of hydrogen-bond acceptors (Lipinski definition) is 5. The number of amides is 2. The Morgan fingerprint density at radius 1 is 1.35 bits per heavy atom. The molecule has 2 atom stereocenters. The first-order valence-corrected chi connectivity index (χ1v) is 6.62. The van der Waals surface area contributed by atoms with E-state index in [-0.39, 0.29) is 11.8 Å². The molecule has 6 heteroatoms. The zero-order chi connectivity index (χ0) is 14.8. The van der Waals surface area contributed by atoms with Gasteiger partial charge < -0.3 is 14.8 Å². The predicted octanol–water partition coefficient (Wildman–Crippen LogP) is 0.319.